The standard InChI is InChI=1S/C17H19NOS/c1-3-13-5-4-6-16(10-13)19-11-15-8-7-14(17(18)20)9-12(15)2/h4-10H,3,11H2,1-2H3,(H2,18,20). The molecule has 0 amide bonds. The van der Waals surface area contributed by atoms with Gasteiger partial charge in [0.2, 0.25) is 0 Å². The second kappa shape index (κ2) is 6.53. The van der Waals surface area contributed by atoms with Crippen molar-refractivity contribution in [2.45, 2.75) is 26.9 Å². The molecule has 0 unspecified atom stereocenters. The van der Waals surface area contributed by atoms with Gasteiger partial charge in [-0.1, -0.05) is 43.4 Å². The normalized spacial score (nSPS) is 10.3. The highest BCUT2D eigenvalue weighted by atomic mass is 32.1. The maximum absolute atomic E-state index is 5.85. The Balaban J connectivity index is 2.08. The molecule has 0 radical (unpaired) electrons. The van der Waals surface area contributed by atoms with Crippen LogP contribution in [0.15, 0.2) is 42.5 Å². The first-order valence-corrected chi connectivity index (χ1v) is 7.12. The average Bonchev–Trinajstić information content (AvgIpc) is 2.46. The Morgan fingerprint density at radius 2 is 2.00 bits per heavy atom. The van der Waals surface area contributed by atoms with E-state index in [1.807, 2.05) is 37.3 Å². The molecule has 0 atom stereocenters. The second-order valence-electron chi connectivity index (χ2n) is 4.80. The summed E-state index contributed by atoms with van der Waals surface area (Å²) in [5, 5.41) is 0. The molecule has 2 aromatic rings. The van der Waals surface area contributed by atoms with Crippen molar-refractivity contribution in [3.8, 4) is 5.75 Å². The summed E-state index contributed by atoms with van der Waals surface area (Å²) in [7, 11) is 0. The van der Waals surface area contributed by atoms with Crippen molar-refractivity contribution in [3.05, 3.63) is 64.7 Å². The van der Waals surface area contributed by atoms with E-state index >= 15 is 0 Å². The lowest BCUT2D eigenvalue weighted by Gasteiger charge is -2.11. The smallest absolute Gasteiger partial charge is 0.120 e. The van der Waals surface area contributed by atoms with Crippen molar-refractivity contribution in [1.29, 1.82) is 0 Å². The van der Waals surface area contributed by atoms with Crippen molar-refractivity contribution in [2.75, 3.05) is 0 Å². The summed E-state index contributed by atoms with van der Waals surface area (Å²) >= 11 is 4.98. The van der Waals surface area contributed by atoms with E-state index in [1.54, 1.807) is 0 Å². The molecule has 104 valence electrons. The van der Waals surface area contributed by atoms with Crippen LogP contribution < -0.4 is 10.5 Å². The van der Waals surface area contributed by atoms with Crippen molar-refractivity contribution in [1.82, 2.24) is 0 Å². The van der Waals surface area contributed by atoms with Crippen molar-refractivity contribution in [2.24, 2.45) is 5.73 Å². The van der Waals surface area contributed by atoms with Gasteiger partial charge in [0.15, 0.2) is 0 Å². The zero-order chi connectivity index (χ0) is 14.5. The number of nitrogens with two attached hydrogens (primary N) is 1. The molecule has 0 saturated carbocycles. The number of thiocarbonyl (C=S) groups is 1. The van der Waals surface area contributed by atoms with Gasteiger partial charge in [0.25, 0.3) is 0 Å². The lowest BCUT2D eigenvalue weighted by atomic mass is 10.1. The minimum atomic E-state index is 0.427. The molecule has 20 heavy (non-hydrogen) atoms. The maximum Gasteiger partial charge on any atom is 0.120 e. The van der Waals surface area contributed by atoms with Crippen LogP contribution in [0.5, 0.6) is 5.75 Å². The third-order valence-corrected chi connectivity index (χ3v) is 3.56. The molecule has 0 saturated heterocycles. The molecule has 0 fully saturated rings. The highest BCUT2D eigenvalue weighted by Crippen LogP contribution is 2.17. The molecule has 0 aliphatic rings. The van der Waals surface area contributed by atoms with Crippen LogP contribution in [0.4, 0.5) is 0 Å². The summed E-state index contributed by atoms with van der Waals surface area (Å²) < 4.78 is 5.85. The van der Waals surface area contributed by atoms with Crippen LogP contribution in [-0.4, -0.2) is 4.99 Å². The lowest BCUT2D eigenvalue weighted by molar-refractivity contribution is 0.305. The Labute approximate surface area is 125 Å². The molecule has 2 nitrogen and oxygen atoms in total. The predicted molar refractivity (Wildman–Crippen MR) is 87.2 cm³/mol. The van der Waals surface area contributed by atoms with Crippen molar-refractivity contribution < 1.29 is 4.74 Å². The topological polar surface area (TPSA) is 35.2 Å². The first-order chi connectivity index (χ1) is 9.60. The number of ether oxygens (including phenoxy) is 1. The lowest BCUT2D eigenvalue weighted by Crippen LogP contribution is -2.10. The minimum absolute atomic E-state index is 0.427. The molecule has 2 aromatic carbocycles. The SMILES string of the molecule is CCc1cccc(OCc2ccc(C(N)=S)cc2C)c1. The van der Waals surface area contributed by atoms with Crippen LogP contribution >= 0.6 is 12.2 Å². The Hall–Kier alpha value is -1.87. The number of hydrogen-bond acceptors (Lipinski definition) is 2. The zero-order valence-electron chi connectivity index (χ0n) is 11.8. The van der Waals surface area contributed by atoms with E-state index in [1.165, 1.54) is 5.56 Å². The Morgan fingerprint density at radius 1 is 1.20 bits per heavy atom. The van der Waals surface area contributed by atoms with Gasteiger partial charge < -0.3 is 10.5 Å². The Morgan fingerprint density at radius 3 is 2.65 bits per heavy atom. The van der Waals surface area contributed by atoms with Gasteiger partial charge in [-0.05, 0) is 48.2 Å². The van der Waals surface area contributed by atoms with E-state index in [4.69, 9.17) is 22.7 Å². The second-order valence-corrected chi connectivity index (χ2v) is 5.23. The van der Waals surface area contributed by atoms with E-state index in [9.17, 15) is 0 Å². The highest BCUT2D eigenvalue weighted by molar-refractivity contribution is 7.80. The van der Waals surface area contributed by atoms with Gasteiger partial charge in [-0.15, -0.1) is 0 Å². The molecule has 2 N–H and O–H groups in total. The molecule has 0 aliphatic carbocycles. The van der Waals surface area contributed by atoms with Gasteiger partial charge in [0, 0.05) is 5.56 Å². The third-order valence-electron chi connectivity index (χ3n) is 3.33. The molecule has 0 aromatic heterocycles. The van der Waals surface area contributed by atoms with Crippen LogP contribution in [0.25, 0.3) is 0 Å². The van der Waals surface area contributed by atoms with Crippen LogP contribution in [0.1, 0.15) is 29.2 Å². The number of benzene rings is 2. The summed E-state index contributed by atoms with van der Waals surface area (Å²) in [5.74, 6) is 0.905. The number of hydrogen-bond donors (Lipinski definition) is 1. The van der Waals surface area contributed by atoms with Crippen molar-refractivity contribution in [3.63, 3.8) is 0 Å². The average molecular weight is 285 g/mol. The van der Waals surface area contributed by atoms with E-state index in [0.29, 0.717) is 11.6 Å². The predicted octanol–water partition coefficient (Wildman–Crippen LogP) is 3.77. The minimum Gasteiger partial charge on any atom is -0.489 e. The summed E-state index contributed by atoms with van der Waals surface area (Å²) in [4.78, 5) is 0.427. The maximum atomic E-state index is 5.85. The Kier molecular flexibility index (Phi) is 4.74. The summed E-state index contributed by atoms with van der Waals surface area (Å²) in [6, 6.07) is 14.2. The Bertz CT molecular complexity index is 622. The summed E-state index contributed by atoms with van der Waals surface area (Å²) in [6.45, 7) is 4.73. The first-order valence-electron chi connectivity index (χ1n) is 6.71. The molecule has 0 heterocycles. The van der Waals surface area contributed by atoms with Gasteiger partial charge >= 0.3 is 0 Å². The fourth-order valence-corrected chi connectivity index (χ4v) is 2.15. The molecular formula is C17H19NOS. The molecule has 0 bridgehead atoms. The summed E-state index contributed by atoms with van der Waals surface area (Å²) in [5.41, 5.74) is 10.1. The van der Waals surface area contributed by atoms with E-state index in [-0.39, 0.29) is 0 Å². The molecule has 0 spiro atoms. The quantitative estimate of drug-likeness (QED) is 0.849. The fraction of sp³-hybridized carbons (Fsp3) is 0.235. The molecular weight excluding hydrogens is 266 g/mol. The van der Waals surface area contributed by atoms with Crippen LogP contribution in [0, 0.1) is 6.92 Å². The largest absolute Gasteiger partial charge is 0.489 e. The van der Waals surface area contributed by atoms with Gasteiger partial charge in [0.1, 0.15) is 17.3 Å². The molecule has 2 rings (SSSR count). The van der Waals surface area contributed by atoms with E-state index < -0.39 is 0 Å². The van der Waals surface area contributed by atoms with Crippen LogP contribution in [0.3, 0.4) is 0 Å². The molecule has 0 aliphatic heterocycles. The van der Waals surface area contributed by atoms with Gasteiger partial charge in [-0.25, -0.2) is 0 Å². The summed E-state index contributed by atoms with van der Waals surface area (Å²) in [6.07, 6.45) is 1.01. The van der Waals surface area contributed by atoms with Crippen molar-refractivity contribution >= 4 is 17.2 Å². The highest BCUT2D eigenvalue weighted by Gasteiger charge is 2.03. The zero-order valence-corrected chi connectivity index (χ0v) is 12.7. The number of rotatable bonds is 5. The fourth-order valence-electron chi connectivity index (χ4n) is 2.03. The van der Waals surface area contributed by atoms with Crippen LogP contribution in [-0.2, 0) is 13.0 Å². The van der Waals surface area contributed by atoms with Gasteiger partial charge in [0.05, 0.1) is 0 Å². The van der Waals surface area contributed by atoms with E-state index in [2.05, 4.69) is 19.1 Å². The van der Waals surface area contributed by atoms with E-state index in [0.717, 1.165) is 28.9 Å². The van der Waals surface area contributed by atoms with Gasteiger partial charge in [-0.2, -0.15) is 0 Å². The molecule has 3 heteroatoms. The monoisotopic (exact) mass is 285 g/mol. The first kappa shape index (κ1) is 14.5. The van der Waals surface area contributed by atoms with Gasteiger partial charge in [-0.3, -0.25) is 0 Å². The van der Waals surface area contributed by atoms with Crippen LogP contribution in [0.2, 0.25) is 0 Å². The third kappa shape index (κ3) is 3.58. The number of aryl methyl sites for hydroxylation is 2.